The van der Waals surface area contributed by atoms with Gasteiger partial charge in [-0.05, 0) is 33.7 Å². The molecule has 0 aliphatic rings. The highest BCUT2D eigenvalue weighted by atomic mass is 79.9. The van der Waals surface area contributed by atoms with Crippen LogP contribution < -0.4 is 0 Å². The van der Waals surface area contributed by atoms with E-state index < -0.39 is 0 Å². The van der Waals surface area contributed by atoms with Crippen LogP contribution in [0, 0.1) is 24.2 Å². The van der Waals surface area contributed by atoms with E-state index >= 15 is 0 Å². The van der Waals surface area contributed by atoms with Crippen molar-refractivity contribution in [2.75, 3.05) is 0 Å². The molecule has 0 amide bonds. The van der Waals surface area contributed by atoms with Gasteiger partial charge in [-0.3, -0.25) is 0 Å². The van der Waals surface area contributed by atoms with Gasteiger partial charge in [-0.1, -0.05) is 0 Å². The van der Waals surface area contributed by atoms with Gasteiger partial charge in [-0.2, -0.15) is 0 Å². The highest BCUT2D eigenvalue weighted by Crippen LogP contribution is 2.14. The average Bonchev–Trinajstić information content (AvgIpc) is 2.31. The summed E-state index contributed by atoms with van der Waals surface area (Å²) in [7, 11) is 0. The maximum atomic E-state index is 4.92. The zero-order valence-corrected chi connectivity index (χ0v) is 7.29. The van der Waals surface area contributed by atoms with Crippen LogP contribution in [0.5, 0.6) is 0 Å². The Balaban J connectivity index is 2.89. The van der Waals surface area contributed by atoms with Crippen LogP contribution in [0.2, 0.25) is 0 Å². The lowest BCUT2D eigenvalue weighted by atomic mass is 10.5. The number of hydrogen-bond donors (Lipinski definition) is 0. The molecule has 1 heterocycles. The molecule has 0 saturated carbocycles. The van der Waals surface area contributed by atoms with Gasteiger partial charge in [-0.25, -0.2) is 4.98 Å². The molecule has 3 heteroatoms. The Labute approximate surface area is 71.6 Å². The maximum absolute atomic E-state index is 4.92. The minimum atomic E-state index is 0.717. The Morgan fingerprint density at radius 1 is 1.70 bits per heavy atom. The SMILES string of the molecule is C#CC#Cc1csc(Br)n1. The van der Waals surface area contributed by atoms with Crippen molar-refractivity contribution >= 4 is 27.3 Å². The van der Waals surface area contributed by atoms with E-state index in [1.165, 1.54) is 11.3 Å². The Kier molecular flexibility index (Phi) is 2.50. The fraction of sp³-hybridized carbons (Fsp3) is 0. The monoisotopic (exact) mass is 211 g/mol. The maximum Gasteiger partial charge on any atom is 0.160 e. The van der Waals surface area contributed by atoms with Gasteiger partial charge in [0.15, 0.2) is 3.92 Å². The molecule has 0 unspecified atom stereocenters. The van der Waals surface area contributed by atoms with Crippen LogP contribution in [0.15, 0.2) is 9.30 Å². The summed E-state index contributed by atoms with van der Waals surface area (Å²) in [6, 6.07) is 0. The minimum absolute atomic E-state index is 0.717. The summed E-state index contributed by atoms with van der Waals surface area (Å²) < 4.78 is 0.828. The van der Waals surface area contributed by atoms with Crippen molar-refractivity contribution in [2.24, 2.45) is 0 Å². The number of rotatable bonds is 0. The lowest BCUT2D eigenvalue weighted by Crippen LogP contribution is -1.69. The fourth-order valence-electron chi connectivity index (χ4n) is 0.409. The summed E-state index contributed by atoms with van der Waals surface area (Å²) in [5, 5.41) is 1.84. The van der Waals surface area contributed by atoms with Crippen LogP contribution in [0.25, 0.3) is 0 Å². The molecule has 10 heavy (non-hydrogen) atoms. The quantitative estimate of drug-likeness (QED) is 0.598. The molecule has 0 aliphatic carbocycles. The van der Waals surface area contributed by atoms with Gasteiger partial charge in [0.1, 0.15) is 5.69 Å². The molecule has 0 aliphatic heterocycles. The summed E-state index contributed by atoms with van der Waals surface area (Å²) >= 11 is 4.70. The molecular weight excluding hydrogens is 210 g/mol. The van der Waals surface area contributed by atoms with Crippen molar-refractivity contribution in [1.82, 2.24) is 4.98 Å². The second-order valence-corrected chi connectivity index (χ2v) is 3.51. The Morgan fingerprint density at radius 2 is 2.50 bits per heavy atom. The Bertz CT molecular complexity index is 323. The highest BCUT2D eigenvalue weighted by molar-refractivity contribution is 9.11. The summed E-state index contributed by atoms with van der Waals surface area (Å²) in [6.45, 7) is 0. The van der Waals surface area contributed by atoms with Gasteiger partial charge in [0.2, 0.25) is 0 Å². The van der Waals surface area contributed by atoms with Gasteiger partial charge in [0, 0.05) is 5.38 Å². The molecule has 0 radical (unpaired) electrons. The van der Waals surface area contributed by atoms with Crippen molar-refractivity contribution in [3.63, 3.8) is 0 Å². The van der Waals surface area contributed by atoms with Crippen molar-refractivity contribution in [1.29, 1.82) is 0 Å². The molecule has 1 aromatic rings. The second-order valence-electron chi connectivity index (χ2n) is 1.38. The second kappa shape index (κ2) is 3.41. The van der Waals surface area contributed by atoms with Crippen molar-refractivity contribution in [3.05, 3.63) is 15.0 Å². The van der Waals surface area contributed by atoms with Crippen LogP contribution >= 0.6 is 27.3 Å². The number of hydrogen-bond acceptors (Lipinski definition) is 2. The van der Waals surface area contributed by atoms with Gasteiger partial charge in [-0.15, -0.1) is 17.8 Å². The molecule has 0 saturated heterocycles. The zero-order chi connectivity index (χ0) is 7.40. The number of aromatic nitrogens is 1. The van der Waals surface area contributed by atoms with Gasteiger partial charge in [0.05, 0.1) is 0 Å². The third kappa shape index (κ3) is 1.88. The normalized spacial score (nSPS) is 7.60. The molecule has 0 fully saturated rings. The van der Waals surface area contributed by atoms with Crippen LogP contribution in [0.1, 0.15) is 5.69 Å². The van der Waals surface area contributed by atoms with E-state index in [1.54, 1.807) is 0 Å². The first kappa shape index (κ1) is 7.34. The van der Waals surface area contributed by atoms with E-state index in [0.717, 1.165) is 9.61 Å². The Hall–Kier alpha value is -0.770. The molecular formula is C7H2BrNS. The van der Waals surface area contributed by atoms with E-state index in [9.17, 15) is 0 Å². The van der Waals surface area contributed by atoms with E-state index in [1.807, 2.05) is 5.38 Å². The van der Waals surface area contributed by atoms with Crippen LogP contribution in [-0.2, 0) is 0 Å². The van der Waals surface area contributed by atoms with Crippen LogP contribution in [0.4, 0.5) is 0 Å². The topological polar surface area (TPSA) is 12.9 Å². The molecule has 0 aromatic carbocycles. The van der Waals surface area contributed by atoms with E-state index in [-0.39, 0.29) is 0 Å². The summed E-state index contributed by atoms with van der Waals surface area (Å²) in [5.41, 5.74) is 0.717. The first-order valence-electron chi connectivity index (χ1n) is 2.40. The third-order valence-corrected chi connectivity index (χ3v) is 2.10. The summed E-state index contributed by atoms with van der Waals surface area (Å²) in [6.07, 6.45) is 4.92. The molecule has 0 atom stereocenters. The predicted molar refractivity (Wildman–Crippen MR) is 45.5 cm³/mol. The molecule has 0 N–H and O–H groups in total. The fourth-order valence-corrected chi connectivity index (χ4v) is 1.35. The van der Waals surface area contributed by atoms with Crippen molar-refractivity contribution in [2.45, 2.75) is 0 Å². The number of terminal acetylenes is 1. The lowest BCUT2D eigenvalue weighted by Gasteiger charge is -1.70. The Morgan fingerprint density at radius 3 is 3.00 bits per heavy atom. The summed E-state index contributed by atoms with van der Waals surface area (Å²) in [4.78, 5) is 4.01. The smallest absolute Gasteiger partial charge is 0.160 e. The van der Waals surface area contributed by atoms with Gasteiger partial charge in [0.25, 0.3) is 0 Å². The highest BCUT2D eigenvalue weighted by Gasteiger charge is 1.92. The minimum Gasteiger partial charge on any atom is -0.221 e. The van der Waals surface area contributed by atoms with E-state index in [2.05, 4.69) is 38.7 Å². The standard InChI is InChI=1S/C7H2BrNS/c1-2-3-4-6-5-10-7(8)9-6/h1,5H. The lowest BCUT2D eigenvalue weighted by molar-refractivity contribution is 1.34. The number of halogens is 1. The summed E-state index contributed by atoms with van der Waals surface area (Å²) in [5.74, 6) is 7.39. The molecule has 0 spiro atoms. The third-order valence-electron chi connectivity index (χ3n) is 0.739. The van der Waals surface area contributed by atoms with Gasteiger partial charge < -0.3 is 0 Å². The van der Waals surface area contributed by atoms with E-state index in [0.29, 0.717) is 0 Å². The first-order valence-corrected chi connectivity index (χ1v) is 4.08. The van der Waals surface area contributed by atoms with Crippen molar-refractivity contribution < 1.29 is 0 Å². The first-order chi connectivity index (χ1) is 4.83. The van der Waals surface area contributed by atoms with E-state index in [4.69, 9.17) is 6.42 Å². The molecule has 0 bridgehead atoms. The average molecular weight is 212 g/mol. The largest absolute Gasteiger partial charge is 0.221 e. The van der Waals surface area contributed by atoms with Crippen molar-refractivity contribution in [3.8, 4) is 24.2 Å². The van der Waals surface area contributed by atoms with Crippen LogP contribution in [0.3, 0.4) is 0 Å². The molecule has 1 rings (SSSR count). The molecule has 1 aromatic heterocycles. The predicted octanol–water partition coefficient (Wildman–Crippen LogP) is 1.89. The number of thiazole rings is 1. The van der Waals surface area contributed by atoms with Crippen LogP contribution in [-0.4, -0.2) is 4.98 Å². The number of nitrogens with zero attached hydrogens (tertiary/aromatic N) is 1. The molecule has 48 valence electrons. The zero-order valence-electron chi connectivity index (χ0n) is 4.89. The molecule has 1 nitrogen and oxygen atoms in total. The van der Waals surface area contributed by atoms with Gasteiger partial charge >= 0.3 is 0 Å².